The van der Waals surface area contributed by atoms with Crippen LogP contribution in [0.2, 0.25) is 0 Å². The summed E-state index contributed by atoms with van der Waals surface area (Å²) in [6, 6.07) is 6.45. The van der Waals surface area contributed by atoms with Crippen molar-refractivity contribution in [1.82, 2.24) is 0 Å². The Balaban J connectivity index is 2.00. The fourth-order valence-electron chi connectivity index (χ4n) is 2.56. The second kappa shape index (κ2) is 5.09. The van der Waals surface area contributed by atoms with Crippen molar-refractivity contribution in [3.63, 3.8) is 0 Å². The molecule has 2 N–H and O–H groups in total. The van der Waals surface area contributed by atoms with E-state index in [1.807, 2.05) is 0 Å². The van der Waals surface area contributed by atoms with Gasteiger partial charge in [0.25, 0.3) is 0 Å². The van der Waals surface area contributed by atoms with E-state index in [0.717, 1.165) is 25.1 Å². The third kappa shape index (κ3) is 2.81. The number of fused-ring (bicyclic) bond motifs is 1. The molecule has 0 radical (unpaired) electrons. The third-order valence-electron chi connectivity index (χ3n) is 3.77. The molecule has 0 saturated carbocycles. The second-order valence-electron chi connectivity index (χ2n) is 5.53. The van der Waals surface area contributed by atoms with Gasteiger partial charge in [-0.2, -0.15) is 0 Å². The van der Waals surface area contributed by atoms with E-state index in [9.17, 15) is 0 Å². The van der Waals surface area contributed by atoms with E-state index in [-0.39, 0.29) is 0 Å². The maximum Gasteiger partial charge on any atom is 0.123 e. The maximum absolute atomic E-state index is 5.99. The van der Waals surface area contributed by atoms with Crippen molar-refractivity contribution >= 4 is 0 Å². The highest BCUT2D eigenvalue weighted by Gasteiger charge is 2.26. The highest BCUT2D eigenvalue weighted by atomic mass is 16.5. The van der Waals surface area contributed by atoms with Crippen LogP contribution in [0.5, 0.6) is 5.75 Å². The summed E-state index contributed by atoms with van der Waals surface area (Å²) in [5.41, 5.74) is 8.49. The van der Waals surface area contributed by atoms with Gasteiger partial charge in [0.2, 0.25) is 0 Å². The molecule has 2 heteroatoms. The van der Waals surface area contributed by atoms with Crippen LogP contribution in [-0.4, -0.2) is 12.6 Å². The Bertz CT molecular complexity index is 387. The Morgan fingerprint density at radius 2 is 2.18 bits per heavy atom. The molecule has 2 rings (SSSR count). The van der Waals surface area contributed by atoms with Crippen LogP contribution in [0.4, 0.5) is 0 Å². The standard InChI is InChI=1S/C15H23NO/c1-10(2)13(9-16)8-14-7-12-6-11(3)4-5-15(12)17-14/h4-6,10,13-14H,7-9,16H2,1-3H3. The van der Waals surface area contributed by atoms with Gasteiger partial charge >= 0.3 is 0 Å². The summed E-state index contributed by atoms with van der Waals surface area (Å²) in [6.45, 7) is 7.37. The molecule has 0 aliphatic carbocycles. The fourth-order valence-corrected chi connectivity index (χ4v) is 2.56. The number of nitrogens with two attached hydrogens (primary N) is 1. The number of rotatable bonds is 4. The zero-order valence-corrected chi connectivity index (χ0v) is 11.1. The molecule has 1 aromatic rings. The van der Waals surface area contributed by atoms with Gasteiger partial charge in [-0.15, -0.1) is 0 Å². The first-order chi connectivity index (χ1) is 8.10. The lowest BCUT2D eigenvalue weighted by molar-refractivity contribution is 0.177. The summed E-state index contributed by atoms with van der Waals surface area (Å²) >= 11 is 0. The van der Waals surface area contributed by atoms with Gasteiger partial charge in [0.05, 0.1) is 0 Å². The van der Waals surface area contributed by atoms with Gasteiger partial charge in [-0.1, -0.05) is 31.5 Å². The second-order valence-corrected chi connectivity index (χ2v) is 5.53. The van der Waals surface area contributed by atoms with Crippen LogP contribution in [0.25, 0.3) is 0 Å². The van der Waals surface area contributed by atoms with Crippen molar-refractivity contribution < 1.29 is 4.74 Å². The van der Waals surface area contributed by atoms with Crippen LogP contribution in [0, 0.1) is 18.8 Å². The lowest BCUT2D eigenvalue weighted by Crippen LogP contribution is -2.27. The summed E-state index contributed by atoms with van der Waals surface area (Å²) in [4.78, 5) is 0. The summed E-state index contributed by atoms with van der Waals surface area (Å²) < 4.78 is 5.99. The third-order valence-corrected chi connectivity index (χ3v) is 3.77. The molecule has 1 aromatic carbocycles. The summed E-state index contributed by atoms with van der Waals surface area (Å²) in [5, 5.41) is 0. The molecule has 17 heavy (non-hydrogen) atoms. The van der Waals surface area contributed by atoms with Crippen molar-refractivity contribution in [3.8, 4) is 5.75 Å². The van der Waals surface area contributed by atoms with Gasteiger partial charge in [0.15, 0.2) is 0 Å². The van der Waals surface area contributed by atoms with Crippen LogP contribution < -0.4 is 10.5 Å². The fraction of sp³-hybridized carbons (Fsp3) is 0.600. The van der Waals surface area contributed by atoms with Crippen LogP contribution in [0.3, 0.4) is 0 Å². The molecule has 0 fully saturated rings. The van der Waals surface area contributed by atoms with Crippen molar-refractivity contribution in [1.29, 1.82) is 0 Å². The van der Waals surface area contributed by atoms with Crippen molar-refractivity contribution in [3.05, 3.63) is 29.3 Å². The van der Waals surface area contributed by atoms with Crippen LogP contribution >= 0.6 is 0 Å². The van der Waals surface area contributed by atoms with Crippen molar-refractivity contribution in [2.24, 2.45) is 17.6 Å². The van der Waals surface area contributed by atoms with Gasteiger partial charge in [0, 0.05) is 6.42 Å². The monoisotopic (exact) mass is 233 g/mol. The molecule has 94 valence electrons. The topological polar surface area (TPSA) is 35.2 Å². The van der Waals surface area contributed by atoms with E-state index in [1.165, 1.54) is 11.1 Å². The highest BCUT2D eigenvalue weighted by Crippen LogP contribution is 2.32. The molecule has 0 aromatic heterocycles. The predicted molar refractivity (Wildman–Crippen MR) is 71.3 cm³/mol. The molecule has 1 aliphatic heterocycles. The number of ether oxygens (including phenoxy) is 1. The minimum Gasteiger partial charge on any atom is -0.490 e. The van der Waals surface area contributed by atoms with Crippen molar-refractivity contribution in [2.75, 3.05) is 6.54 Å². The molecule has 0 bridgehead atoms. The molecular formula is C15H23NO. The summed E-state index contributed by atoms with van der Waals surface area (Å²) in [6.07, 6.45) is 2.44. The lowest BCUT2D eigenvalue weighted by Gasteiger charge is -2.22. The zero-order chi connectivity index (χ0) is 12.4. The smallest absolute Gasteiger partial charge is 0.123 e. The molecule has 0 saturated heterocycles. The van der Waals surface area contributed by atoms with E-state index in [4.69, 9.17) is 10.5 Å². The van der Waals surface area contributed by atoms with E-state index >= 15 is 0 Å². The van der Waals surface area contributed by atoms with E-state index in [1.54, 1.807) is 0 Å². The molecule has 2 nitrogen and oxygen atoms in total. The quantitative estimate of drug-likeness (QED) is 0.868. The first-order valence-corrected chi connectivity index (χ1v) is 6.56. The van der Waals surface area contributed by atoms with Gasteiger partial charge in [-0.3, -0.25) is 0 Å². The minimum atomic E-state index is 0.322. The molecule has 2 atom stereocenters. The van der Waals surface area contributed by atoms with Gasteiger partial charge in [-0.25, -0.2) is 0 Å². The first-order valence-electron chi connectivity index (χ1n) is 6.56. The average Bonchev–Trinajstić information content (AvgIpc) is 2.66. The van der Waals surface area contributed by atoms with Gasteiger partial charge < -0.3 is 10.5 Å². The minimum absolute atomic E-state index is 0.322. The number of hydrogen-bond acceptors (Lipinski definition) is 2. The molecule has 1 aliphatic rings. The largest absolute Gasteiger partial charge is 0.490 e. The van der Waals surface area contributed by atoms with Gasteiger partial charge in [0.1, 0.15) is 11.9 Å². The Morgan fingerprint density at radius 3 is 2.82 bits per heavy atom. The molecule has 0 spiro atoms. The van der Waals surface area contributed by atoms with E-state index in [0.29, 0.717) is 17.9 Å². The predicted octanol–water partition coefficient (Wildman–Crippen LogP) is 2.92. The lowest BCUT2D eigenvalue weighted by atomic mass is 9.89. The zero-order valence-electron chi connectivity index (χ0n) is 11.1. The molecule has 0 amide bonds. The highest BCUT2D eigenvalue weighted by molar-refractivity contribution is 5.40. The van der Waals surface area contributed by atoms with Crippen LogP contribution in [0.1, 0.15) is 31.4 Å². The normalized spacial score (nSPS) is 20.2. The first kappa shape index (κ1) is 12.4. The Morgan fingerprint density at radius 1 is 1.41 bits per heavy atom. The molecule has 1 heterocycles. The molecular weight excluding hydrogens is 210 g/mol. The maximum atomic E-state index is 5.99. The average molecular weight is 233 g/mol. The Labute approximate surface area is 104 Å². The SMILES string of the molecule is Cc1ccc2c(c1)CC(CC(CN)C(C)C)O2. The number of aryl methyl sites for hydroxylation is 1. The van der Waals surface area contributed by atoms with Gasteiger partial charge in [-0.05, 0) is 43.4 Å². The van der Waals surface area contributed by atoms with Crippen LogP contribution in [0.15, 0.2) is 18.2 Å². The Hall–Kier alpha value is -1.02. The van der Waals surface area contributed by atoms with E-state index in [2.05, 4.69) is 39.0 Å². The number of benzene rings is 1. The Kier molecular flexibility index (Phi) is 3.72. The van der Waals surface area contributed by atoms with E-state index < -0.39 is 0 Å². The summed E-state index contributed by atoms with van der Waals surface area (Å²) in [7, 11) is 0. The molecule has 2 unspecified atom stereocenters. The number of hydrogen-bond donors (Lipinski definition) is 1. The summed E-state index contributed by atoms with van der Waals surface area (Å²) in [5.74, 6) is 2.27. The van der Waals surface area contributed by atoms with Crippen molar-refractivity contribution in [2.45, 2.75) is 39.7 Å². The van der Waals surface area contributed by atoms with Crippen LogP contribution in [-0.2, 0) is 6.42 Å².